The summed E-state index contributed by atoms with van der Waals surface area (Å²) in [6.07, 6.45) is -0.501. The second-order valence-corrected chi connectivity index (χ2v) is 5.10. The standard InChI is InChI=1S/C16H26O5/c1-6-12(17)13(18)9-10(2)11-7-8-14(19-3)16(21-5)15(11)20-4/h7-8,10,12-13,17-18H,6,9H2,1-5H3. The average molecular weight is 298 g/mol. The first-order chi connectivity index (χ1) is 9.99. The number of aliphatic hydroxyl groups excluding tert-OH is 2. The Hall–Kier alpha value is -1.46. The lowest BCUT2D eigenvalue weighted by atomic mass is 9.91. The Kier molecular flexibility index (Phi) is 6.78. The SMILES string of the molecule is CCC(O)C(O)CC(C)c1ccc(OC)c(OC)c1OC. The van der Waals surface area contributed by atoms with E-state index in [1.54, 1.807) is 21.3 Å². The van der Waals surface area contributed by atoms with E-state index in [1.807, 2.05) is 26.0 Å². The van der Waals surface area contributed by atoms with Crippen molar-refractivity contribution < 1.29 is 24.4 Å². The minimum Gasteiger partial charge on any atom is -0.493 e. The Morgan fingerprint density at radius 2 is 1.57 bits per heavy atom. The first-order valence-electron chi connectivity index (χ1n) is 7.15. The lowest BCUT2D eigenvalue weighted by Crippen LogP contribution is -2.26. The van der Waals surface area contributed by atoms with Crippen molar-refractivity contribution in [3.8, 4) is 17.2 Å². The van der Waals surface area contributed by atoms with E-state index in [2.05, 4.69) is 0 Å². The van der Waals surface area contributed by atoms with Crippen molar-refractivity contribution in [1.29, 1.82) is 0 Å². The Balaban J connectivity index is 3.06. The molecule has 5 nitrogen and oxygen atoms in total. The minimum atomic E-state index is -0.761. The molecule has 0 spiro atoms. The van der Waals surface area contributed by atoms with E-state index < -0.39 is 12.2 Å². The minimum absolute atomic E-state index is 0.0101. The monoisotopic (exact) mass is 298 g/mol. The molecule has 3 atom stereocenters. The number of methoxy groups -OCH3 is 3. The lowest BCUT2D eigenvalue weighted by molar-refractivity contribution is 0.00942. The van der Waals surface area contributed by atoms with Crippen LogP contribution in [0, 0.1) is 0 Å². The molecule has 5 heteroatoms. The highest BCUT2D eigenvalue weighted by Gasteiger charge is 2.23. The van der Waals surface area contributed by atoms with Gasteiger partial charge < -0.3 is 24.4 Å². The van der Waals surface area contributed by atoms with Crippen molar-refractivity contribution in [3.05, 3.63) is 17.7 Å². The number of aliphatic hydroxyl groups is 2. The summed E-state index contributed by atoms with van der Waals surface area (Å²) in [7, 11) is 4.71. The molecular weight excluding hydrogens is 272 g/mol. The van der Waals surface area contributed by atoms with Gasteiger partial charge in [-0.1, -0.05) is 19.9 Å². The smallest absolute Gasteiger partial charge is 0.203 e. The van der Waals surface area contributed by atoms with Crippen LogP contribution in [0.1, 0.15) is 38.2 Å². The van der Waals surface area contributed by atoms with Crippen LogP contribution in [0.2, 0.25) is 0 Å². The fraction of sp³-hybridized carbons (Fsp3) is 0.625. The molecule has 3 unspecified atom stereocenters. The predicted molar refractivity (Wildman–Crippen MR) is 81.4 cm³/mol. The molecule has 0 saturated carbocycles. The third kappa shape index (κ3) is 4.02. The molecule has 0 bridgehead atoms. The Morgan fingerprint density at radius 1 is 0.952 bits per heavy atom. The summed E-state index contributed by atoms with van der Waals surface area (Å²) < 4.78 is 16.1. The maximum Gasteiger partial charge on any atom is 0.203 e. The van der Waals surface area contributed by atoms with Gasteiger partial charge in [0.1, 0.15) is 0 Å². The van der Waals surface area contributed by atoms with Gasteiger partial charge in [-0.3, -0.25) is 0 Å². The maximum atomic E-state index is 9.99. The van der Waals surface area contributed by atoms with Crippen molar-refractivity contribution >= 4 is 0 Å². The van der Waals surface area contributed by atoms with Gasteiger partial charge in [-0.15, -0.1) is 0 Å². The van der Waals surface area contributed by atoms with Gasteiger partial charge in [0.05, 0.1) is 33.5 Å². The third-order valence-corrected chi connectivity index (χ3v) is 3.72. The van der Waals surface area contributed by atoms with E-state index >= 15 is 0 Å². The van der Waals surface area contributed by atoms with Crippen LogP contribution in [-0.2, 0) is 0 Å². The molecular formula is C16H26O5. The number of ether oxygens (including phenoxy) is 3. The van der Waals surface area contributed by atoms with E-state index in [-0.39, 0.29) is 5.92 Å². The summed E-state index contributed by atoms with van der Waals surface area (Å²) in [5.41, 5.74) is 0.914. The molecule has 21 heavy (non-hydrogen) atoms. The zero-order valence-electron chi connectivity index (χ0n) is 13.4. The van der Waals surface area contributed by atoms with Crippen LogP contribution in [0.25, 0.3) is 0 Å². The van der Waals surface area contributed by atoms with Crippen molar-refractivity contribution in [2.45, 2.75) is 44.8 Å². The average Bonchev–Trinajstić information content (AvgIpc) is 2.51. The molecule has 0 aliphatic rings. The summed E-state index contributed by atoms with van der Waals surface area (Å²) in [4.78, 5) is 0. The molecule has 0 radical (unpaired) electrons. The number of rotatable bonds is 8. The molecule has 2 N–H and O–H groups in total. The fourth-order valence-electron chi connectivity index (χ4n) is 2.43. The first kappa shape index (κ1) is 17.6. The van der Waals surface area contributed by atoms with Gasteiger partial charge >= 0.3 is 0 Å². The highest BCUT2D eigenvalue weighted by atomic mass is 16.5. The largest absolute Gasteiger partial charge is 0.493 e. The summed E-state index contributed by atoms with van der Waals surface area (Å²) in [5, 5.41) is 19.7. The molecule has 0 amide bonds. The molecule has 0 aromatic heterocycles. The van der Waals surface area contributed by atoms with Gasteiger partial charge in [-0.2, -0.15) is 0 Å². The second kappa shape index (κ2) is 8.10. The highest BCUT2D eigenvalue weighted by Crippen LogP contribution is 2.43. The van der Waals surface area contributed by atoms with Gasteiger partial charge in [-0.05, 0) is 24.8 Å². The summed E-state index contributed by atoms with van der Waals surface area (Å²) >= 11 is 0. The van der Waals surface area contributed by atoms with Crippen LogP contribution in [0.5, 0.6) is 17.2 Å². The topological polar surface area (TPSA) is 68.2 Å². The third-order valence-electron chi connectivity index (χ3n) is 3.72. The van der Waals surface area contributed by atoms with Gasteiger partial charge in [0, 0.05) is 5.56 Å². The molecule has 0 saturated heterocycles. The van der Waals surface area contributed by atoms with Crippen molar-refractivity contribution in [2.24, 2.45) is 0 Å². The van der Waals surface area contributed by atoms with E-state index in [1.165, 1.54) is 0 Å². The van der Waals surface area contributed by atoms with E-state index in [4.69, 9.17) is 14.2 Å². The Bertz CT molecular complexity index is 447. The Morgan fingerprint density at radius 3 is 2.05 bits per heavy atom. The van der Waals surface area contributed by atoms with E-state index in [0.717, 1.165) is 5.56 Å². The molecule has 0 fully saturated rings. The molecule has 0 aliphatic heterocycles. The summed E-state index contributed by atoms with van der Waals surface area (Å²) in [5.74, 6) is 1.74. The van der Waals surface area contributed by atoms with Crippen LogP contribution in [0.4, 0.5) is 0 Å². The zero-order valence-corrected chi connectivity index (χ0v) is 13.4. The van der Waals surface area contributed by atoms with E-state index in [0.29, 0.717) is 30.1 Å². The number of benzene rings is 1. The van der Waals surface area contributed by atoms with Crippen LogP contribution < -0.4 is 14.2 Å². The normalized spacial score (nSPS) is 15.2. The maximum absolute atomic E-state index is 9.99. The van der Waals surface area contributed by atoms with E-state index in [9.17, 15) is 10.2 Å². The molecule has 1 rings (SSSR count). The zero-order chi connectivity index (χ0) is 16.0. The van der Waals surface area contributed by atoms with Gasteiger partial charge in [0.2, 0.25) is 5.75 Å². The summed E-state index contributed by atoms with van der Waals surface area (Å²) in [6.45, 7) is 3.82. The van der Waals surface area contributed by atoms with Crippen LogP contribution in [0.15, 0.2) is 12.1 Å². The van der Waals surface area contributed by atoms with Crippen molar-refractivity contribution in [2.75, 3.05) is 21.3 Å². The Labute approximate surface area is 126 Å². The van der Waals surface area contributed by atoms with Gasteiger partial charge in [-0.25, -0.2) is 0 Å². The van der Waals surface area contributed by atoms with Crippen LogP contribution in [-0.4, -0.2) is 43.8 Å². The second-order valence-electron chi connectivity index (χ2n) is 5.10. The molecule has 1 aromatic rings. The molecule has 0 aliphatic carbocycles. The van der Waals surface area contributed by atoms with Gasteiger partial charge in [0.25, 0.3) is 0 Å². The molecule has 120 valence electrons. The molecule has 0 heterocycles. The summed E-state index contributed by atoms with van der Waals surface area (Å²) in [6, 6.07) is 3.71. The predicted octanol–water partition coefficient (Wildman–Crippen LogP) is 2.34. The van der Waals surface area contributed by atoms with Crippen molar-refractivity contribution in [3.63, 3.8) is 0 Å². The van der Waals surface area contributed by atoms with Gasteiger partial charge in [0.15, 0.2) is 11.5 Å². The lowest BCUT2D eigenvalue weighted by Gasteiger charge is -2.23. The van der Waals surface area contributed by atoms with Crippen LogP contribution >= 0.6 is 0 Å². The first-order valence-corrected chi connectivity index (χ1v) is 7.15. The van der Waals surface area contributed by atoms with Crippen molar-refractivity contribution in [1.82, 2.24) is 0 Å². The quantitative estimate of drug-likeness (QED) is 0.771. The molecule has 1 aromatic carbocycles. The number of hydrogen-bond donors (Lipinski definition) is 2. The number of hydrogen-bond acceptors (Lipinski definition) is 5. The highest BCUT2D eigenvalue weighted by molar-refractivity contribution is 5.56. The fourth-order valence-corrected chi connectivity index (χ4v) is 2.43. The van der Waals surface area contributed by atoms with Crippen LogP contribution in [0.3, 0.4) is 0 Å².